The molecule has 0 aliphatic rings. The zero-order valence-corrected chi connectivity index (χ0v) is 34.1. The van der Waals surface area contributed by atoms with E-state index in [1.807, 2.05) is 18.2 Å². The Hall–Kier alpha value is -8.54. The van der Waals surface area contributed by atoms with Crippen molar-refractivity contribution in [2.24, 2.45) is 0 Å². The molecule has 0 atom stereocenters. The summed E-state index contributed by atoms with van der Waals surface area (Å²) in [5, 5.41) is 7.03. The lowest BCUT2D eigenvalue weighted by Crippen LogP contribution is -2.00. The van der Waals surface area contributed by atoms with Crippen molar-refractivity contribution in [1.82, 2.24) is 23.7 Å². The molecule has 0 aliphatic heterocycles. The Kier molecular flexibility index (Phi) is 7.84. The van der Waals surface area contributed by atoms with Crippen LogP contribution in [0.2, 0.25) is 0 Å². The second-order valence-electron chi connectivity index (χ2n) is 16.2. The van der Waals surface area contributed by atoms with Crippen LogP contribution >= 0.6 is 0 Å². The fraction of sp³-hybridized carbons (Fsp3) is 0. The van der Waals surface area contributed by atoms with Gasteiger partial charge < -0.3 is 9.13 Å². The summed E-state index contributed by atoms with van der Waals surface area (Å²) in [4.78, 5) is 10.8. The van der Waals surface area contributed by atoms with Crippen LogP contribution in [0.4, 0.5) is 0 Å². The van der Waals surface area contributed by atoms with Crippen LogP contribution in [0.3, 0.4) is 0 Å². The standard InChI is InChI=1S/C58H37N5/c1-4-18-38(19-5-1)56-55-49-36-40(32-33-54(49)63(42-22-8-3-9-23-42)58(55)60-57(59-56)39-20-6-2-7-21-39)41-34-43(61-50-28-14-10-24-45(50)46-25-11-15-29-51(46)61)37-44(35-41)62-52-30-16-12-26-47(52)48-27-13-17-31-53(48)62/h1-37H. The largest absolute Gasteiger partial charge is 0.309 e. The zero-order chi connectivity index (χ0) is 41.4. The minimum absolute atomic E-state index is 0.692. The highest BCUT2D eigenvalue weighted by Gasteiger charge is 2.23. The van der Waals surface area contributed by atoms with Crippen molar-refractivity contribution < 1.29 is 0 Å². The van der Waals surface area contributed by atoms with Crippen molar-refractivity contribution in [1.29, 1.82) is 0 Å². The van der Waals surface area contributed by atoms with Gasteiger partial charge >= 0.3 is 0 Å². The van der Waals surface area contributed by atoms with Crippen LogP contribution in [0, 0.1) is 0 Å². The molecule has 5 nitrogen and oxygen atoms in total. The van der Waals surface area contributed by atoms with Gasteiger partial charge in [-0.05, 0) is 77.9 Å². The molecule has 9 aromatic carbocycles. The van der Waals surface area contributed by atoms with E-state index in [4.69, 9.17) is 9.97 Å². The second kappa shape index (κ2) is 14.0. The van der Waals surface area contributed by atoms with Gasteiger partial charge in [0, 0.05) is 55.1 Å². The summed E-state index contributed by atoms with van der Waals surface area (Å²) in [6, 6.07) is 80.4. The maximum atomic E-state index is 5.40. The smallest absolute Gasteiger partial charge is 0.162 e. The van der Waals surface area contributed by atoms with E-state index >= 15 is 0 Å². The van der Waals surface area contributed by atoms with E-state index in [1.54, 1.807) is 0 Å². The molecule has 4 aromatic heterocycles. The SMILES string of the molecule is c1ccc(-c2nc(-c3ccccc3)c3c4cc(-c5cc(-n6c7ccccc7c7ccccc76)cc(-n6c7ccccc7c7ccccc76)c5)ccc4n(-c4ccccc4)c3n2)cc1. The number of rotatable bonds is 6. The van der Waals surface area contributed by atoms with E-state index < -0.39 is 0 Å². The summed E-state index contributed by atoms with van der Waals surface area (Å²) < 4.78 is 7.16. The molecular weight excluding hydrogens is 767 g/mol. The van der Waals surface area contributed by atoms with Gasteiger partial charge in [0.15, 0.2) is 5.82 Å². The average molecular weight is 804 g/mol. The van der Waals surface area contributed by atoms with Crippen molar-refractivity contribution >= 4 is 65.5 Å². The molecule has 13 rings (SSSR count). The van der Waals surface area contributed by atoms with Crippen LogP contribution in [-0.2, 0) is 0 Å². The van der Waals surface area contributed by atoms with E-state index in [0.29, 0.717) is 5.82 Å². The molecule has 0 saturated heterocycles. The normalized spacial score (nSPS) is 11.8. The Bertz CT molecular complexity index is 3660. The molecule has 0 aliphatic carbocycles. The van der Waals surface area contributed by atoms with Crippen LogP contribution in [0.15, 0.2) is 224 Å². The highest BCUT2D eigenvalue weighted by molar-refractivity contribution is 6.15. The van der Waals surface area contributed by atoms with Crippen LogP contribution in [-0.4, -0.2) is 23.7 Å². The topological polar surface area (TPSA) is 40.6 Å². The molecule has 0 unspecified atom stereocenters. The molecular formula is C58H37N5. The number of aromatic nitrogens is 5. The average Bonchev–Trinajstić information content (AvgIpc) is 4.00. The molecule has 13 aromatic rings. The van der Waals surface area contributed by atoms with Crippen molar-refractivity contribution in [2.75, 3.05) is 0 Å². The van der Waals surface area contributed by atoms with Gasteiger partial charge in [-0.1, -0.05) is 158 Å². The summed E-state index contributed by atoms with van der Waals surface area (Å²) in [5.74, 6) is 0.692. The van der Waals surface area contributed by atoms with E-state index in [2.05, 4.69) is 220 Å². The Morgan fingerprint density at radius 3 is 1.24 bits per heavy atom. The number of hydrogen-bond donors (Lipinski definition) is 0. The van der Waals surface area contributed by atoms with Gasteiger partial charge in [-0.3, -0.25) is 4.57 Å². The third kappa shape index (κ3) is 5.50. The van der Waals surface area contributed by atoms with Crippen LogP contribution < -0.4 is 0 Å². The van der Waals surface area contributed by atoms with Crippen LogP contribution in [0.25, 0.3) is 116 Å². The van der Waals surface area contributed by atoms with Crippen molar-refractivity contribution in [3.8, 4) is 50.8 Å². The molecule has 0 N–H and O–H groups in total. The van der Waals surface area contributed by atoms with Gasteiger partial charge in [-0.25, -0.2) is 9.97 Å². The highest BCUT2D eigenvalue weighted by atomic mass is 15.1. The molecule has 5 heteroatoms. The van der Waals surface area contributed by atoms with E-state index in [1.165, 1.54) is 43.6 Å². The highest BCUT2D eigenvalue weighted by Crippen LogP contribution is 2.42. The number of para-hydroxylation sites is 5. The summed E-state index contributed by atoms with van der Waals surface area (Å²) in [7, 11) is 0. The first-order valence-electron chi connectivity index (χ1n) is 21.4. The van der Waals surface area contributed by atoms with E-state index in [9.17, 15) is 0 Å². The summed E-state index contributed by atoms with van der Waals surface area (Å²) in [6.07, 6.45) is 0. The first kappa shape index (κ1) is 35.2. The van der Waals surface area contributed by atoms with Gasteiger partial charge in [-0.15, -0.1) is 0 Å². The van der Waals surface area contributed by atoms with Crippen molar-refractivity contribution in [2.45, 2.75) is 0 Å². The minimum Gasteiger partial charge on any atom is -0.309 e. The monoisotopic (exact) mass is 803 g/mol. The van der Waals surface area contributed by atoms with Crippen molar-refractivity contribution in [3.05, 3.63) is 224 Å². The Morgan fingerprint density at radius 2 is 0.714 bits per heavy atom. The molecule has 0 fully saturated rings. The summed E-state index contributed by atoms with van der Waals surface area (Å²) >= 11 is 0. The number of nitrogens with zero attached hydrogens (tertiary/aromatic N) is 5. The predicted molar refractivity (Wildman–Crippen MR) is 261 cm³/mol. The zero-order valence-electron chi connectivity index (χ0n) is 34.1. The molecule has 0 saturated carbocycles. The lowest BCUT2D eigenvalue weighted by molar-refractivity contribution is 1.11. The lowest BCUT2D eigenvalue weighted by Gasteiger charge is -2.16. The fourth-order valence-electron chi connectivity index (χ4n) is 9.86. The van der Waals surface area contributed by atoms with Gasteiger partial charge in [0.1, 0.15) is 5.65 Å². The van der Waals surface area contributed by atoms with Crippen LogP contribution in [0.1, 0.15) is 0 Å². The predicted octanol–water partition coefficient (Wildman–Crippen LogP) is 14.8. The second-order valence-corrected chi connectivity index (χ2v) is 16.2. The number of benzene rings is 9. The van der Waals surface area contributed by atoms with Crippen LogP contribution in [0.5, 0.6) is 0 Å². The van der Waals surface area contributed by atoms with Gasteiger partial charge in [0.05, 0.1) is 38.7 Å². The minimum atomic E-state index is 0.692. The van der Waals surface area contributed by atoms with Gasteiger partial charge in [-0.2, -0.15) is 0 Å². The van der Waals surface area contributed by atoms with E-state index in [-0.39, 0.29) is 0 Å². The molecule has 63 heavy (non-hydrogen) atoms. The number of fused-ring (bicyclic) bond motifs is 9. The molecule has 294 valence electrons. The first-order valence-corrected chi connectivity index (χ1v) is 21.4. The molecule has 0 radical (unpaired) electrons. The maximum absolute atomic E-state index is 5.40. The third-order valence-electron chi connectivity index (χ3n) is 12.6. The molecule has 4 heterocycles. The molecule has 0 amide bonds. The van der Waals surface area contributed by atoms with E-state index in [0.717, 1.165) is 66.9 Å². The molecule has 0 bridgehead atoms. The fourth-order valence-corrected chi connectivity index (χ4v) is 9.86. The Labute approximate surface area is 363 Å². The molecule has 0 spiro atoms. The Balaban J connectivity index is 1.14. The summed E-state index contributed by atoms with van der Waals surface area (Å²) in [6.45, 7) is 0. The van der Waals surface area contributed by atoms with Gasteiger partial charge in [0.2, 0.25) is 0 Å². The van der Waals surface area contributed by atoms with Crippen molar-refractivity contribution in [3.63, 3.8) is 0 Å². The third-order valence-corrected chi connectivity index (χ3v) is 12.6. The quantitative estimate of drug-likeness (QED) is 0.168. The summed E-state index contributed by atoms with van der Waals surface area (Å²) in [5.41, 5.74) is 15.0. The number of hydrogen-bond acceptors (Lipinski definition) is 2. The lowest BCUT2D eigenvalue weighted by atomic mass is 9.99. The first-order chi connectivity index (χ1) is 31.3. The maximum Gasteiger partial charge on any atom is 0.162 e. The van der Waals surface area contributed by atoms with Gasteiger partial charge in [0.25, 0.3) is 0 Å². The Morgan fingerprint density at radius 1 is 0.270 bits per heavy atom.